The predicted molar refractivity (Wildman–Crippen MR) is 95.1 cm³/mol. The van der Waals surface area contributed by atoms with Crippen molar-refractivity contribution in [1.82, 2.24) is 4.90 Å². The third-order valence-corrected chi connectivity index (χ3v) is 4.66. The molecule has 1 N–H and O–H groups in total. The number of anilines is 1. The average Bonchev–Trinajstić information content (AvgIpc) is 2.61. The number of alkyl halides is 3. The van der Waals surface area contributed by atoms with Crippen molar-refractivity contribution in [1.29, 1.82) is 0 Å². The van der Waals surface area contributed by atoms with E-state index in [-0.39, 0.29) is 29.6 Å². The molecule has 0 saturated carbocycles. The Kier molecular flexibility index (Phi) is 5.41. The summed E-state index contributed by atoms with van der Waals surface area (Å²) in [6, 6.07) is 11.5. The van der Waals surface area contributed by atoms with Crippen molar-refractivity contribution in [2.75, 3.05) is 18.4 Å². The van der Waals surface area contributed by atoms with Crippen LogP contribution in [0.4, 0.5) is 18.9 Å². The van der Waals surface area contributed by atoms with Crippen LogP contribution in [0.1, 0.15) is 23.1 Å². The lowest BCUT2D eigenvalue weighted by Gasteiger charge is -2.29. The third-order valence-electron chi connectivity index (χ3n) is 4.42. The minimum atomic E-state index is -4.51. The van der Waals surface area contributed by atoms with Gasteiger partial charge in [-0.25, -0.2) is 0 Å². The van der Waals surface area contributed by atoms with E-state index in [0.29, 0.717) is 13.1 Å². The molecule has 0 spiro atoms. The van der Waals surface area contributed by atoms with Gasteiger partial charge in [-0.05, 0) is 35.7 Å². The quantitative estimate of drug-likeness (QED) is 0.828. The van der Waals surface area contributed by atoms with Gasteiger partial charge in [-0.2, -0.15) is 13.2 Å². The van der Waals surface area contributed by atoms with Gasteiger partial charge in [0, 0.05) is 36.8 Å². The van der Waals surface area contributed by atoms with E-state index >= 15 is 0 Å². The zero-order chi connectivity index (χ0) is 18.7. The maximum Gasteiger partial charge on any atom is 0.418 e. The van der Waals surface area contributed by atoms with Crippen molar-refractivity contribution >= 4 is 23.2 Å². The van der Waals surface area contributed by atoms with E-state index in [0.717, 1.165) is 18.1 Å². The second-order valence-electron chi connectivity index (χ2n) is 6.20. The van der Waals surface area contributed by atoms with Gasteiger partial charge in [-0.3, -0.25) is 4.79 Å². The number of carbonyl (C=O) groups excluding carboxylic acids is 1. The Bertz CT molecular complexity index is 808. The van der Waals surface area contributed by atoms with Gasteiger partial charge in [0.1, 0.15) is 0 Å². The van der Waals surface area contributed by atoms with Crippen molar-refractivity contribution in [3.63, 3.8) is 0 Å². The zero-order valence-electron chi connectivity index (χ0n) is 13.9. The van der Waals surface area contributed by atoms with Gasteiger partial charge in [0.15, 0.2) is 0 Å². The molecule has 7 heteroatoms. The number of nitrogens with zero attached hydrogens (tertiary/aromatic N) is 1. The van der Waals surface area contributed by atoms with Crippen molar-refractivity contribution in [3.05, 3.63) is 64.2 Å². The molecule has 0 saturated heterocycles. The molecule has 1 aliphatic rings. The summed E-state index contributed by atoms with van der Waals surface area (Å²) in [5.41, 5.74) is 1.46. The number of nitrogens with one attached hydrogen (secondary N) is 1. The maximum atomic E-state index is 13.1. The van der Waals surface area contributed by atoms with E-state index in [1.807, 2.05) is 18.2 Å². The van der Waals surface area contributed by atoms with E-state index < -0.39 is 11.7 Å². The fraction of sp³-hybridized carbons (Fsp3) is 0.316. The molecular weight excluding hydrogens is 365 g/mol. The number of rotatable bonds is 4. The lowest BCUT2D eigenvalue weighted by atomic mass is 10.00. The summed E-state index contributed by atoms with van der Waals surface area (Å²) < 4.78 is 39.2. The number of halogens is 4. The maximum absolute atomic E-state index is 13.1. The van der Waals surface area contributed by atoms with E-state index in [4.69, 9.17) is 11.6 Å². The molecule has 138 valence electrons. The van der Waals surface area contributed by atoms with Crippen LogP contribution in [-0.4, -0.2) is 23.9 Å². The lowest BCUT2D eigenvalue weighted by Crippen LogP contribution is -2.36. The summed E-state index contributed by atoms with van der Waals surface area (Å²) >= 11 is 5.66. The first kappa shape index (κ1) is 18.6. The van der Waals surface area contributed by atoms with Crippen molar-refractivity contribution in [3.8, 4) is 0 Å². The molecule has 0 bridgehead atoms. The van der Waals surface area contributed by atoms with Gasteiger partial charge >= 0.3 is 6.18 Å². The molecule has 0 aliphatic carbocycles. The third kappa shape index (κ3) is 4.30. The molecule has 0 atom stereocenters. The Labute approximate surface area is 154 Å². The second-order valence-corrected chi connectivity index (χ2v) is 6.63. The monoisotopic (exact) mass is 382 g/mol. The smallest absolute Gasteiger partial charge is 0.384 e. The number of amides is 1. The number of fused-ring (bicyclic) bond motifs is 1. The molecule has 1 aliphatic heterocycles. The average molecular weight is 383 g/mol. The van der Waals surface area contributed by atoms with Gasteiger partial charge in [0.2, 0.25) is 5.91 Å². The van der Waals surface area contributed by atoms with Crippen LogP contribution < -0.4 is 5.32 Å². The molecule has 26 heavy (non-hydrogen) atoms. The van der Waals surface area contributed by atoms with Gasteiger partial charge in [-0.15, -0.1) is 0 Å². The molecule has 3 nitrogen and oxygen atoms in total. The lowest BCUT2D eigenvalue weighted by molar-refractivity contribution is -0.137. The molecule has 0 aromatic heterocycles. The zero-order valence-corrected chi connectivity index (χ0v) is 14.7. The Hall–Kier alpha value is -2.21. The van der Waals surface area contributed by atoms with Crippen molar-refractivity contribution < 1.29 is 18.0 Å². The van der Waals surface area contributed by atoms with E-state index in [9.17, 15) is 18.0 Å². The normalized spacial score (nSPS) is 14.1. The summed E-state index contributed by atoms with van der Waals surface area (Å²) in [6.07, 6.45) is -3.58. The van der Waals surface area contributed by atoms with Crippen LogP contribution in [0.5, 0.6) is 0 Å². The number of benzene rings is 2. The van der Waals surface area contributed by atoms with Gasteiger partial charge in [-0.1, -0.05) is 35.9 Å². The standard InChI is InChI=1S/C19H18ClF3N2O/c20-15-5-6-17(16(11-15)19(21,22)23)24-9-7-18(26)25-10-8-13-3-1-2-4-14(13)12-25/h1-6,11,24H,7-10,12H2. The highest BCUT2D eigenvalue weighted by Gasteiger charge is 2.33. The Morgan fingerprint density at radius 1 is 1.15 bits per heavy atom. The second kappa shape index (κ2) is 7.58. The molecular formula is C19H18ClF3N2O. The Balaban J connectivity index is 1.58. The fourth-order valence-corrected chi connectivity index (χ4v) is 3.25. The van der Waals surface area contributed by atoms with Crippen LogP contribution in [-0.2, 0) is 23.9 Å². The Morgan fingerprint density at radius 2 is 1.88 bits per heavy atom. The molecule has 0 fully saturated rings. The molecule has 2 aromatic rings. The van der Waals surface area contributed by atoms with Crippen LogP contribution in [0.2, 0.25) is 5.02 Å². The topological polar surface area (TPSA) is 32.3 Å². The number of hydrogen-bond acceptors (Lipinski definition) is 2. The van der Waals surface area contributed by atoms with Crippen LogP contribution in [0, 0.1) is 0 Å². The van der Waals surface area contributed by atoms with Crippen molar-refractivity contribution in [2.45, 2.75) is 25.6 Å². The van der Waals surface area contributed by atoms with E-state index in [1.54, 1.807) is 4.90 Å². The first-order valence-corrected chi connectivity index (χ1v) is 8.67. The SMILES string of the molecule is O=C(CCNc1ccc(Cl)cc1C(F)(F)F)N1CCc2ccccc2C1. The fourth-order valence-electron chi connectivity index (χ4n) is 3.08. The molecule has 1 amide bonds. The largest absolute Gasteiger partial charge is 0.418 e. The summed E-state index contributed by atoms with van der Waals surface area (Å²) in [4.78, 5) is 14.1. The van der Waals surface area contributed by atoms with Crippen LogP contribution in [0.25, 0.3) is 0 Å². The van der Waals surface area contributed by atoms with Gasteiger partial charge in [0.25, 0.3) is 0 Å². The van der Waals surface area contributed by atoms with Crippen LogP contribution in [0.15, 0.2) is 42.5 Å². The molecule has 0 radical (unpaired) electrons. The highest BCUT2D eigenvalue weighted by Crippen LogP contribution is 2.36. The minimum absolute atomic E-state index is 0.0194. The van der Waals surface area contributed by atoms with Gasteiger partial charge in [0.05, 0.1) is 5.56 Å². The van der Waals surface area contributed by atoms with Crippen LogP contribution in [0.3, 0.4) is 0 Å². The van der Waals surface area contributed by atoms with Crippen LogP contribution >= 0.6 is 11.6 Å². The highest BCUT2D eigenvalue weighted by atomic mass is 35.5. The minimum Gasteiger partial charge on any atom is -0.384 e. The Morgan fingerprint density at radius 3 is 2.62 bits per heavy atom. The number of hydrogen-bond donors (Lipinski definition) is 1. The van der Waals surface area contributed by atoms with Gasteiger partial charge < -0.3 is 10.2 Å². The molecule has 2 aromatic carbocycles. The molecule has 1 heterocycles. The van der Waals surface area contributed by atoms with Crippen molar-refractivity contribution in [2.24, 2.45) is 0 Å². The summed E-state index contributed by atoms with van der Waals surface area (Å²) in [7, 11) is 0. The van der Waals surface area contributed by atoms with E-state index in [1.165, 1.54) is 17.7 Å². The highest BCUT2D eigenvalue weighted by molar-refractivity contribution is 6.30. The number of carbonyl (C=O) groups is 1. The molecule has 3 rings (SSSR count). The van der Waals surface area contributed by atoms with E-state index in [2.05, 4.69) is 11.4 Å². The predicted octanol–water partition coefficient (Wildman–Crippen LogP) is 4.75. The first-order chi connectivity index (χ1) is 12.3. The summed E-state index contributed by atoms with van der Waals surface area (Å²) in [5, 5.41) is 2.73. The molecule has 0 unspecified atom stereocenters. The first-order valence-electron chi connectivity index (χ1n) is 8.30. The summed E-state index contributed by atoms with van der Waals surface area (Å²) in [5.74, 6) is -0.0745. The summed E-state index contributed by atoms with van der Waals surface area (Å²) in [6.45, 7) is 1.30.